The third-order valence-electron chi connectivity index (χ3n) is 8.02. The number of H-pyrrole nitrogens is 1. The number of hydrogen-bond donors (Lipinski definition) is 1. The molecule has 1 aliphatic heterocycles. The zero-order chi connectivity index (χ0) is 24.6. The van der Waals surface area contributed by atoms with Gasteiger partial charge in [0.15, 0.2) is 5.82 Å². The van der Waals surface area contributed by atoms with Crippen molar-refractivity contribution in [3.8, 4) is 0 Å². The number of anilines is 1. The van der Waals surface area contributed by atoms with Crippen molar-refractivity contribution in [3.63, 3.8) is 0 Å². The van der Waals surface area contributed by atoms with Crippen molar-refractivity contribution in [1.29, 1.82) is 0 Å². The maximum Gasteiger partial charge on any atom is 0.253 e. The molecule has 0 spiro atoms. The average Bonchev–Trinajstić information content (AvgIpc) is 3.59. The van der Waals surface area contributed by atoms with Crippen LogP contribution in [-0.2, 0) is 0 Å². The van der Waals surface area contributed by atoms with E-state index in [0.29, 0.717) is 11.6 Å². The summed E-state index contributed by atoms with van der Waals surface area (Å²) in [5, 5.41) is 14.1. The van der Waals surface area contributed by atoms with Crippen LogP contribution in [0.4, 0.5) is 5.69 Å². The number of aryl methyl sites for hydroxylation is 2. The monoisotopic (exact) mass is 483 g/mol. The fraction of sp³-hybridized carbons (Fsp3) is 0.429. The molecule has 186 valence electrons. The zero-order valence-corrected chi connectivity index (χ0v) is 21.0. The van der Waals surface area contributed by atoms with Gasteiger partial charge in [0.2, 0.25) is 0 Å². The van der Waals surface area contributed by atoms with Gasteiger partial charge in [-0.05, 0) is 84.0 Å². The first-order valence-corrected chi connectivity index (χ1v) is 13.0. The summed E-state index contributed by atoms with van der Waals surface area (Å²) < 4.78 is 2.01. The fourth-order valence-corrected chi connectivity index (χ4v) is 5.86. The molecule has 1 atom stereocenters. The number of pyridine rings is 1. The molecule has 1 aliphatic carbocycles. The summed E-state index contributed by atoms with van der Waals surface area (Å²) in [4.78, 5) is 21.5. The molecule has 1 saturated carbocycles. The van der Waals surface area contributed by atoms with Gasteiger partial charge in [-0.25, -0.2) is 4.68 Å². The number of para-hydroxylation sites is 1. The highest BCUT2D eigenvalue weighted by Crippen LogP contribution is 2.34. The van der Waals surface area contributed by atoms with Gasteiger partial charge in [-0.3, -0.25) is 9.69 Å². The van der Waals surface area contributed by atoms with E-state index < -0.39 is 0 Å². The van der Waals surface area contributed by atoms with Crippen LogP contribution in [0.2, 0.25) is 0 Å². The molecule has 0 radical (unpaired) electrons. The van der Waals surface area contributed by atoms with Gasteiger partial charge >= 0.3 is 0 Å². The summed E-state index contributed by atoms with van der Waals surface area (Å²) in [7, 11) is 0. The van der Waals surface area contributed by atoms with Gasteiger partial charge in [0, 0.05) is 42.9 Å². The normalized spacial score (nSPS) is 18.2. The van der Waals surface area contributed by atoms with Crippen LogP contribution in [-0.4, -0.2) is 56.3 Å². The molecule has 8 nitrogen and oxygen atoms in total. The van der Waals surface area contributed by atoms with Gasteiger partial charge in [0.25, 0.3) is 5.56 Å². The molecule has 4 aromatic rings. The Bertz CT molecular complexity index is 1410. The van der Waals surface area contributed by atoms with E-state index in [9.17, 15) is 4.79 Å². The van der Waals surface area contributed by atoms with Gasteiger partial charge in [-0.15, -0.1) is 5.10 Å². The Morgan fingerprint density at radius 1 is 0.944 bits per heavy atom. The highest BCUT2D eigenvalue weighted by Gasteiger charge is 2.34. The van der Waals surface area contributed by atoms with Crippen LogP contribution in [0.15, 0.2) is 53.3 Å². The summed E-state index contributed by atoms with van der Waals surface area (Å²) >= 11 is 0. The molecule has 0 unspecified atom stereocenters. The summed E-state index contributed by atoms with van der Waals surface area (Å²) in [6.45, 7) is 7.60. The number of nitrogens with zero attached hydrogens (tertiary/aromatic N) is 6. The van der Waals surface area contributed by atoms with Crippen LogP contribution in [0, 0.1) is 13.8 Å². The van der Waals surface area contributed by atoms with Gasteiger partial charge in [-0.2, -0.15) is 0 Å². The second kappa shape index (κ2) is 9.50. The third kappa shape index (κ3) is 4.19. The number of aromatic nitrogens is 5. The predicted molar refractivity (Wildman–Crippen MR) is 141 cm³/mol. The minimum Gasteiger partial charge on any atom is -0.369 e. The fourth-order valence-electron chi connectivity index (χ4n) is 5.86. The maximum atomic E-state index is 13.6. The number of aromatic amines is 1. The van der Waals surface area contributed by atoms with Crippen LogP contribution in [0.25, 0.3) is 10.9 Å². The lowest BCUT2D eigenvalue weighted by Crippen LogP contribution is -2.49. The number of hydrogen-bond acceptors (Lipinski definition) is 6. The molecule has 0 bridgehead atoms. The van der Waals surface area contributed by atoms with Gasteiger partial charge in [-0.1, -0.05) is 31.0 Å². The van der Waals surface area contributed by atoms with Crippen LogP contribution in [0.1, 0.15) is 60.3 Å². The molecule has 3 heterocycles. The smallest absolute Gasteiger partial charge is 0.253 e. The summed E-state index contributed by atoms with van der Waals surface area (Å²) in [6, 6.07) is 16.8. The van der Waals surface area contributed by atoms with E-state index in [2.05, 4.69) is 86.6 Å². The standard InChI is InChI=1S/C28H33N7O/c1-19-16-21-18-24(28(36)29-25(21)17-20(19)2)26(27-30-31-32-35(27)23-10-6-7-11-23)34-14-12-33(13-15-34)22-8-4-3-5-9-22/h3-5,8-9,16-18,23,26H,6-7,10-15H2,1-2H3,(H,29,36)/t26-/m1/s1. The Hall–Kier alpha value is -3.52. The Kier molecular flexibility index (Phi) is 6.05. The summed E-state index contributed by atoms with van der Waals surface area (Å²) in [5.74, 6) is 0.781. The number of tetrazole rings is 1. The van der Waals surface area contributed by atoms with E-state index in [1.807, 2.05) is 10.7 Å². The lowest BCUT2D eigenvalue weighted by Gasteiger charge is -2.39. The van der Waals surface area contributed by atoms with Gasteiger partial charge in [0.05, 0.1) is 6.04 Å². The SMILES string of the molecule is Cc1cc2cc([C@H](c3nnnn3C3CCCC3)N3CCN(c4ccccc4)CC3)c(=O)[nH]c2cc1C. The van der Waals surface area contributed by atoms with Crippen molar-refractivity contribution in [2.45, 2.75) is 51.6 Å². The predicted octanol–water partition coefficient (Wildman–Crippen LogP) is 4.16. The van der Waals surface area contributed by atoms with Crippen molar-refractivity contribution in [2.75, 3.05) is 31.1 Å². The third-order valence-corrected chi connectivity index (χ3v) is 8.02. The van der Waals surface area contributed by atoms with E-state index in [-0.39, 0.29) is 11.6 Å². The minimum atomic E-state index is -0.298. The Labute approximate surface area is 210 Å². The number of fused-ring (bicyclic) bond motifs is 1. The largest absolute Gasteiger partial charge is 0.369 e. The first-order valence-electron chi connectivity index (χ1n) is 13.0. The number of nitrogens with one attached hydrogen (secondary N) is 1. The zero-order valence-electron chi connectivity index (χ0n) is 21.0. The van der Waals surface area contributed by atoms with E-state index in [0.717, 1.165) is 55.7 Å². The molecule has 8 heteroatoms. The van der Waals surface area contributed by atoms with Crippen molar-refractivity contribution < 1.29 is 0 Å². The Morgan fingerprint density at radius 3 is 2.42 bits per heavy atom. The topological polar surface area (TPSA) is 82.9 Å². The summed E-state index contributed by atoms with van der Waals surface area (Å²) in [6.07, 6.45) is 4.55. The second-order valence-electron chi connectivity index (χ2n) is 10.3. The Morgan fingerprint density at radius 2 is 1.67 bits per heavy atom. The van der Waals surface area contributed by atoms with Crippen molar-refractivity contribution in [2.24, 2.45) is 0 Å². The van der Waals surface area contributed by atoms with Gasteiger partial charge in [0.1, 0.15) is 6.04 Å². The number of benzene rings is 2. The van der Waals surface area contributed by atoms with Crippen molar-refractivity contribution >= 4 is 16.6 Å². The first kappa shape index (κ1) is 22.9. The van der Waals surface area contributed by atoms with E-state index in [4.69, 9.17) is 0 Å². The van der Waals surface area contributed by atoms with E-state index >= 15 is 0 Å². The second-order valence-corrected chi connectivity index (χ2v) is 10.3. The average molecular weight is 484 g/mol. The van der Waals surface area contributed by atoms with Crippen molar-refractivity contribution in [3.05, 3.63) is 81.4 Å². The maximum absolute atomic E-state index is 13.6. The molecular weight excluding hydrogens is 450 g/mol. The van der Waals surface area contributed by atoms with Gasteiger partial charge < -0.3 is 9.88 Å². The molecule has 2 aliphatic rings. The van der Waals surface area contributed by atoms with Crippen LogP contribution < -0.4 is 10.5 Å². The molecule has 36 heavy (non-hydrogen) atoms. The first-order chi connectivity index (χ1) is 17.6. The molecule has 2 aromatic carbocycles. The van der Waals surface area contributed by atoms with E-state index in [1.54, 1.807) is 0 Å². The van der Waals surface area contributed by atoms with Crippen LogP contribution in [0.5, 0.6) is 0 Å². The Balaban J connectivity index is 1.41. The molecular formula is C28H33N7O. The highest BCUT2D eigenvalue weighted by molar-refractivity contribution is 5.81. The van der Waals surface area contributed by atoms with Crippen molar-refractivity contribution in [1.82, 2.24) is 30.1 Å². The van der Waals surface area contributed by atoms with E-state index in [1.165, 1.54) is 29.7 Å². The number of piperazine rings is 1. The molecule has 0 amide bonds. The van der Waals surface area contributed by atoms with Crippen LogP contribution in [0.3, 0.4) is 0 Å². The highest BCUT2D eigenvalue weighted by atomic mass is 16.1. The molecule has 2 aromatic heterocycles. The summed E-state index contributed by atoms with van der Waals surface area (Å²) in [5.41, 5.74) is 5.14. The molecule has 1 N–H and O–H groups in total. The lowest BCUT2D eigenvalue weighted by molar-refractivity contribution is 0.197. The van der Waals surface area contributed by atoms with Crippen LogP contribution >= 0.6 is 0 Å². The molecule has 6 rings (SSSR count). The number of rotatable bonds is 5. The molecule has 1 saturated heterocycles. The quantitative estimate of drug-likeness (QED) is 0.459. The lowest BCUT2D eigenvalue weighted by atomic mass is 10.00. The molecule has 2 fully saturated rings. The minimum absolute atomic E-state index is 0.0674.